The minimum Gasteiger partial charge on any atom is -0.378 e. The van der Waals surface area contributed by atoms with Crippen molar-refractivity contribution < 1.29 is 4.74 Å². The highest BCUT2D eigenvalue weighted by atomic mass is 35.5. The van der Waals surface area contributed by atoms with Crippen molar-refractivity contribution in [1.29, 1.82) is 0 Å². The Balaban J connectivity index is 2.10. The highest BCUT2D eigenvalue weighted by molar-refractivity contribution is 6.31. The molecule has 0 bridgehead atoms. The number of anilines is 1. The normalized spacial score (nSPS) is 16.7. The van der Waals surface area contributed by atoms with E-state index >= 15 is 0 Å². The number of morpholine rings is 1. The summed E-state index contributed by atoms with van der Waals surface area (Å²) < 4.78 is 7.24. The maximum absolute atomic E-state index is 6.01. The lowest BCUT2D eigenvalue weighted by Crippen LogP contribution is -2.36. The molecule has 0 unspecified atom stereocenters. The lowest BCUT2D eigenvalue weighted by molar-refractivity contribution is 0.122. The molecule has 0 radical (unpaired) electrons. The van der Waals surface area contributed by atoms with E-state index in [4.69, 9.17) is 16.3 Å². The average Bonchev–Trinajstić information content (AvgIpc) is 2.68. The molecular weight excluding hydrogens is 238 g/mol. The molecule has 90 valence electrons. The number of benzene rings is 1. The quantitative estimate of drug-likeness (QED) is 0.777. The Morgan fingerprint density at radius 2 is 2.06 bits per heavy atom. The fourth-order valence-electron chi connectivity index (χ4n) is 2.22. The first-order chi connectivity index (χ1) is 8.25. The molecule has 5 heteroatoms. The Labute approximate surface area is 105 Å². The number of ether oxygens (including phenoxy) is 1. The van der Waals surface area contributed by atoms with Gasteiger partial charge in [0.05, 0.1) is 18.7 Å². The zero-order chi connectivity index (χ0) is 11.8. The van der Waals surface area contributed by atoms with Crippen LogP contribution in [0.3, 0.4) is 0 Å². The van der Waals surface area contributed by atoms with E-state index in [1.807, 2.05) is 29.9 Å². The van der Waals surface area contributed by atoms with Crippen molar-refractivity contribution in [2.75, 3.05) is 31.2 Å². The minimum atomic E-state index is 0.744. The summed E-state index contributed by atoms with van der Waals surface area (Å²) in [5.41, 5.74) is 1.07. The Kier molecular flexibility index (Phi) is 2.68. The second-order valence-corrected chi connectivity index (χ2v) is 4.64. The van der Waals surface area contributed by atoms with Crippen LogP contribution in [0.4, 0.5) is 5.82 Å². The van der Waals surface area contributed by atoms with Gasteiger partial charge in [0.15, 0.2) is 5.82 Å². The smallest absolute Gasteiger partial charge is 0.158 e. The molecule has 1 aromatic carbocycles. The number of nitrogens with zero attached hydrogens (tertiary/aromatic N) is 3. The van der Waals surface area contributed by atoms with Crippen molar-refractivity contribution in [2.45, 2.75) is 0 Å². The number of aryl methyl sites for hydroxylation is 1. The predicted molar refractivity (Wildman–Crippen MR) is 68.8 cm³/mol. The molecule has 1 aliphatic rings. The second-order valence-electron chi connectivity index (χ2n) is 4.21. The summed E-state index contributed by atoms with van der Waals surface area (Å²) in [6.45, 7) is 3.33. The largest absolute Gasteiger partial charge is 0.378 e. The van der Waals surface area contributed by atoms with E-state index in [0.29, 0.717) is 0 Å². The maximum Gasteiger partial charge on any atom is 0.158 e. The third-order valence-electron chi connectivity index (χ3n) is 3.10. The fourth-order valence-corrected chi connectivity index (χ4v) is 2.39. The van der Waals surface area contributed by atoms with Crippen LogP contribution in [0.15, 0.2) is 18.2 Å². The van der Waals surface area contributed by atoms with Crippen molar-refractivity contribution >= 4 is 28.3 Å². The molecule has 0 N–H and O–H groups in total. The SMILES string of the molecule is Cn1nc(N2CCOCC2)c2ccc(Cl)cc21. The average molecular weight is 252 g/mol. The molecule has 17 heavy (non-hydrogen) atoms. The number of hydrogen-bond acceptors (Lipinski definition) is 3. The molecule has 0 atom stereocenters. The molecule has 1 saturated heterocycles. The predicted octanol–water partition coefficient (Wildman–Crippen LogP) is 2.06. The van der Waals surface area contributed by atoms with Crippen LogP contribution in [0.25, 0.3) is 10.9 Å². The molecule has 1 aliphatic heterocycles. The molecule has 4 nitrogen and oxygen atoms in total. The van der Waals surface area contributed by atoms with Crippen LogP contribution in [-0.4, -0.2) is 36.1 Å². The highest BCUT2D eigenvalue weighted by Gasteiger charge is 2.17. The van der Waals surface area contributed by atoms with E-state index in [1.165, 1.54) is 0 Å². The van der Waals surface area contributed by atoms with E-state index in [2.05, 4.69) is 10.00 Å². The first-order valence-corrected chi connectivity index (χ1v) is 6.08. The zero-order valence-corrected chi connectivity index (χ0v) is 10.4. The van der Waals surface area contributed by atoms with Gasteiger partial charge in [-0.1, -0.05) is 11.6 Å². The van der Waals surface area contributed by atoms with Gasteiger partial charge in [-0.2, -0.15) is 5.10 Å². The van der Waals surface area contributed by atoms with Gasteiger partial charge in [0.2, 0.25) is 0 Å². The summed E-state index contributed by atoms with van der Waals surface area (Å²) >= 11 is 6.01. The monoisotopic (exact) mass is 251 g/mol. The molecule has 3 rings (SSSR count). The summed E-state index contributed by atoms with van der Waals surface area (Å²) in [6, 6.07) is 5.90. The van der Waals surface area contributed by atoms with Crippen molar-refractivity contribution in [2.24, 2.45) is 7.05 Å². The Hall–Kier alpha value is -1.26. The van der Waals surface area contributed by atoms with E-state index in [9.17, 15) is 0 Å². The Morgan fingerprint density at radius 3 is 2.82 bits per heavy atom. The Morgan fingerprint density at radius 1 is 1.29 bits per heavy atom. The van der Waals surface area contributed by atoms with Crippen LogP contribution in [0, 0.1) is 0 Å². The van der Waals surface area contributed by atoms with Gasteiger partial charge < -0.3 is 9.64 Å². The zero-order valence-electron chi connectivity index (χ0n) is 9.69. The molecule has 0 amide bonds. The number of fused-ring (bicyclic) bond motifs is 1. The Bertz CT molecular complexity index is 546. The van der Waals surface area contributed by atoms with Gasteiger partial charge in [-0.05, 0) is 18.2 Å². The van der Waals surface area contributed by atoms with Crippen LogP contribution in [0.5, 0.6) is 0 Å². The van der Waals surface area contributed by atoms with Gasteiger partial charge in [0.1, 0.15) is 0 Å². The van der Waals surface area contributed by atoms with Gasteiger partial charge in [-0.3, -0.25) is 4.68 Å². The van der Waals surface area contributed by atoms with Crippen LogP contribution in [0.1, 0.15) is 0 Å². The van der Waals surface area contributed by atoms with Crippen LogP contribution < -0.4 is 4.90 Å². The standard InChI is InChI=1S/C12H14ClN3O/c1-15-11-8-9(13)2-3-10(11)12(14-15)16-4-6-17-7-5-16/h2-3,8H,4-7H2,1H3. The third-order valence-corrected chi connectivity index (χ3v) is 3.34. The molecule has 1 fully saturated rings. The van der Waals surface area contributed by atoms with E-state index in [1.54, 1.807) is 0 Å². The lowest BCUT2D eigenvalue weighted by atomic mass is 10.2. The lowest BCUT2D eigenvalue weighted by Gasteiger charge is -2.26. The molecule has 1 aromatic heterocycles. The van der Waals surface area contributed by atoms with Crippen molar-refractivity contribution in [3.8, 4) is 0 Å². The second kappa shape index (κ2) is 4.20. The summed E-state index contributed by atoms with van der Waals surface area (Å²) in [5.74, 6) is 1.03. The van der Waals surface area contributed by atoms with E-state index in [0.717, 1.165) is 48.0 Å². The summed E-state index contributed by atoms with van der Waals surface area (Å²) in [5, 5.41) is 6.48. The highest BCUT2D eigenvalue weighted by Crippen LogP contribution is 2.28. The van der Waals surface area contributed by atoms with Gasteiger partial charge in [0, 0.05) is 30.5 Å². The van der Waals surface area contributed by atoms with Gasteiger partial charge in [-0.15, -0.1) is 0 Å². The number of aromatic nitrogens is 2. The van der Waals surface area contributed by atoms with Crippen LogP contribution >= 0.6 is 11.6 Å². The van der Waals surface area contributed by atoms with Crippen LogP contribution in [-0.2, 0) is 11.8 Å². The molecule has 0 saturated carbocycles. The van der Waals surface area contributed by atoms with Gasteiger partial charge in [-0.25, -0.2) is 0 Å². The summed E-state index contributed by atoms with van der Waals surface area (Å²) in [7, 11) is 1.95. The summed E-state index contributed by atoms with van der Waals surface area (Å²) in [4.78, 5) is 2.26. The summed E-state index contributed by atoms with van der Waals surface area (Å²) in [6.07, 6.45) is 0. The first kappa shape index (κ1) is 10.9. The van der Waals surface area contributed by atoms with Crippen LogP contribution in [0.2, 0.25) is 5.02 Å². The van der Waals surface area contributed by atoms with Crippen molar-refractivity contribution in [3.05, 3.63) is 23.2 Å². The molecule has 0 spiro atoms. The van der Waals surface area contributed by atoms with E-state index in [-0.39, 0.29) is 0 Å². The topological polar surface area (TPSA) is 30.3 Å². The molecule has 2 aromatic rings. The van der Waals surface area contributed by atoms with Crippen molar-refractivity contribution in [3.63, 3.8) is 0 Å². The van der Waals surface area contributed by atoms with Gasteiger partial charge >= 0.3 is 0 Å². The van der Waals surface area contributed by atoms with Crippen molar-refractivity contribution in [1.82, 2.24) is 9.78 Å². The van der Waals surface area contributed by atoms with E-state index < -0.39 is 0 Å². The fraction of sp³-hybridized carbons (Fsp3) is 0.417. The molecule has 0 aliphatic carbocycles. The first-order valence-electron chi connectivity index (χ1n) is 5.70. The maximum atomic E-state index is 6.01. The number of halogens is 1. The number of hydrogen-bond donors (Lipinski definition) is 0. The molecular formula is C12H14ClN3O. The molecule has 2 heterocycles. The number of rotatable bonds is 1. The third kappa shape index (κ3) is 1.87. The van der Waals surface area contributed by atoms with Gasteiger partial charge in [0.25, 0.3) is 0 Å². The minimum absolute atomic E-state index is 0.744.